The molecule has 0 unspecified atom stereocenters. The molecule has 0 saturated carbocycles. The number of carbonyl (C=O) groups is 2. The minimum Gasteiger partial charge on any atom is -0.465 e. The predicted octanol–water partition coefficient (Wildman–Crippen LogP) is 3.72. The normalized spacial score (nSPS) is 10.5. The Kier molecular flexibility index (Phi) is 3.38. The summed E-state index contributed by atoms with van der Waals surface area (Å²) < 4.78 is 5.33. The number of benzene rings is 1. The smallest absolute Gasteiger partial charge is 0.337 e. The number of hydrogen-bond acceptors (Lipinski definition) is 4. The zero-order valence-electron chi connectivity index (χ0n) is 8.62. The van der Waals surface area contributed by atoms with Crippen molar-refractivity contribution in [2.24, 2.45) is 0 Å². The fourth-order valence-electron chi connectivity index (χ4n) is 1.44. The SMILES string of the molecule is COC(=O)c1ccc2c(Cl)c(C(=O)Cl)sc2c1. The van der Waals surface area contributed by atoms with Gasteiger partial charge in [-0.2, -0.15) is 0 Å². The van der Waals surface area contributed by atoms with Crippen LogP contribution in [-0.2, 0) is 4.74 Å². The van der Waals surface area contributed by atoms with Gasteiger partial charge in [0.05, 0.1) is 17.7 Å². The van der Waals surface area contributed by atoms with Crippen LogP contribution in [0.4, 0.5) is 0 Å². The van der Waals surface area contributed by atoms with Gasteiger partial charge in [-0.25, -0.2) is 4.79 Å². The fraction of sp³-hybridized carbons (Fsp3) is 0.0909. The summed E-state index contributed by atoms with van der Waals surface area (Å²) >= 11 is 12.6. The molecule has 0 N–H and O–H groups in total. The molecule has 0 amide bonds. The minimum atomic E-state index is -0.601. The second-order valence-corrected chi connectivity index (χ2v) is 4.99. The number of carbonyl (C=O) groups excluding carboxylic acids is 2. The number of thiophene rings is 1. The van der Waals surface area contributed by atoms with Gasteiger partial charge in [0.15, 0.2) is 0 Å². The van der Waals surface area contributed by atoms with E-state index in [1.54, 1.807) is 18.2 Å². The van der Waals surface area contributed by atoms with Crippen molar-refractivity contribution >= 4 is 55.8 Å². The molecular formula is C11H6Cl2O3S. The zero-order valence-corrected chi connectivity index (χ0v) is 10.9. The Bertz CT molecular complexity index is 618. The van der Waals surface area contributed by atoms with Gasteiger partial charge < -0.3 is 4.74 Å². The summed E-state index contributed by atoms with van der Waals surface area (Å²) in [5.74, 6) is -0.435. The Morgan fingerprint density at radius 3 is 2.65 bits per heavy atom. The Balaban J connectivity index is 2.63. The Morgan fingerprint density at radius 2 is 2.06 bits per heavy atom. The minimum absolute atomic E-state index is 0.283. The van der Waals surface area contributed by atoms with E-state index in [9.17, 15) is 9.59 Å². The number of ether oxygens (including phenoxy) is 1. The predicted molar refractivity (Wildman–Crippen MR) is 68.4 cm³/mol. The highest BCUT2D eigenvalue weighted by Gasteiger charge is 2.16. The summed E-state index contributed by atoms with van der Waals surface area (Å²) in [4.78, 5) is 22.7. The van der Waals surface area contributed by atoms with Crippen LogP contribution in [0, 0.1) is 0 Å². The van der Waals surface area contributed by atoms with Crippen LogP contribution in [0.5, 0.6) is 0 Å². The van der Waals surface area contributed by atoms with Gasteiger partial charge in [-0.3, -0.25) is 4.79 Å². The van der Waals surface area contributed by atoms with Gasteiger partial charge >= 0.3 is 5.97 Å². The van der Waals surface area contributed by atoms with Gasteiger partial charge in [-0.15, -0.1) is 11.3 Å². The fourth-order valence-corrected chi connectivity index (χ4v) is 3.08. The van der Waals surface area contributed by atoms with Gasteiger partial charge in [0.25, 0.3) is 5.24 Å². The van der Waals surface area contributed by atoms with Gasteiger partial charge in [-0.05, 0) is 23.7 Å². The van der Waals surface area contributed by atoms with Crippen LogP contribution in [0.3, 0.4) is 0 Å². The van der Waals surface area contributed by atoms with Crippen molar-refractivity contribution < 1.29 is 14.3 Å². The van der Waals surface area contributed by atoms with Crippen molar-refractivity contribution in [1.82, 2.24) is 0 Å². The van der Waals surface area contributed by atoms with Crippen molar-refractivity contribution in [3.63, 3.8) is 0 Å². The van der Waals surface area contributed by atoms with E-state index in [1.165, 1.54) is 7.11 Å². The highest BCUT2D eigenvalue weighted by molar-refractivity contribution is 7.23. The molecule has 0 fully saturated rings. The molecule has 1 aromatic carbocycles. The van der Waals surface area contributed by atoms with Crippen molar-refractivity contribution in [1.29, 1.82) is 0 Å². The Labute approximate surface area is 111 Å². The first-order valence-electron chi connectivity index (χ1n) is 4.54. The maximum atomic E-state index is 11.3. The van der Waals surface area contributed by atoms with Crippen LogP contribution in [0.2, 0.25) is 5.02 Å². The molecule has 2 aromatic rings. The average Bonchev–Trinajstić information content (AvgIpc) is 2.65. The van der Waals surface area contributed by atoms with Crippen LogP contribution in [0.25, 0.3) is 10.1 Å². The molecule has 17 heavy (non-hydrogen) atoms. The van der Waals surface area contributed by atoms with Crippen molar-refractivity contribution in [3.8, 4) is 0 Å². The van der Waals surface area contributed by atoms with Crippen LogP contribution in [0.1, 0.15) is 20.0 Å². The lowest BCUT2D eigenvalue weighted by atomic mass is 10.2. The largest absolute Gasteiger partial charge is 0.465 e. The summed E-state index contributed by atoms with van der Waals surface area (Å²) in [6.45, 7) is 0. The van der Waals surface area contributed by atoms with E-state index in [0.717, 1.165) is 16.0 Å². The van der Waals surface area contributed by atoms with Gasteiger partial charge in [0.2, 0.25) is 0 Å². The topological polar surface area (TPSA) is 43.4 Å². The Hall–Kier alpha value is -1.10. The number of rotatable bonds is 2. The standard InChI is InChI=1S/C11H6Cl2O3S/c1-16-11(15)5-2-3-6-7(4-5)17-9(8(6)12)10(13)14/h2-4H,1H3. The molecule has 0 aliphatic carbocycles. The first-order chi connectivity index (χ1) is 8.04. The molecule has 1 heterocycles. The van der Waals surface area contributed by atoms with Gasteiger partial charge in [-0.1, -0.05) is 17.7 Å². The number of halogens is 2. The maximum Gasteiger partial charge on any atom is 0.337 e. The maximum absolute atomic E-state index is 11.3. The van der Waals surface area contributed by atoms with Crippen LogP contribution >= 0.6 is 34.5 Å². The van der Waals surface area contributed by atoms with E-state index < -0.39 is 11.2 Å². The summed E-state index contributed by atoms with van der Waals surface area (Å²) in [5.41, 5.74) is 0.409. The summed E-state index contributed by atoms with van der Waals surface area (Å²) in [6.07, 6.45) is 0. The molecular weight excluding hydrogens is 283 g/mol. The molecule has 0 saturated heterocycles. The Morgan fingerprint density at radius 1 is 1.35 bits per heavy atom. The molecule has 0 spiro atoms. The third kappa shape index (κ3) is 2.16. The first-order valence-corrected chi connectivity index (χ1v) is 6.12. The van der Waals surface area contributed by atoms with E-state index in [1.807, 2.05) is 0 Å². The molecule has 3 nitrogen and oxygen atoms in total. The molecule has 2 rings (SSSR count). The van der Waals surface area contributed by atoms with Crippen LogP contribution < -0.4 is 0 Å². The average molecular weight is 289 g/mol. The third-order valence-electron chi connectivity index (χ3n) is 2.23. The van der Waals surface area contributed by atoms with E-state index in [-0.39, 0.29) is 4.88 Å². The van der Waals surface area contributed by atoms with Crippen molar-refractivity contribution in [3.05, 3.63) is 33.7 Å². The molecule has 0 radical (unpaired) electrons. The van der Waals surface area contributed by atoms with Crippen LogP contribution in [-0.4, -0.2) is 18.3 Å². The molecule has 6 heteroatoms. The molecule has 0 aliphatic rings. The highest BCUT2D eigenvalue weighted by atomic mass is 35.5. The van der Waals surface area contributed by atoms with Crippen LogP contribution in [0.15, 0.2) is 18.2 Å². The lowest BCUT2D eigenvalue weighted by Gasteiger charge is -1.98. The molecule has 0 atom stereocenters. The summed E-state index contributed by atoms with van der Waals surface area (Å²) in [6, 6.07) is 4.89. The third-order valence-corrected chi connectivity index (χ3v) is 4.19. The lowest BCUT2D eigenvalue weighted by molar-refractivity contribution is 0.0601. The number of fused-ring (bicyclic) bond motifs is 1. The molecule has 0 bridgehead atoms. The first kappa shape index (κ1) is 12.4. The quantitative estimate of drug-likeness (QED) is 0.625. The highest BCUT2D eigenvalue weighted by Crippen LogP contribution is 2.36. The van der Waals surface area contributed by atoms with E-state index in [2.05, 4.69) is 4.74 Å². The van der Waals surface area contributed by atoms with E-state index in [4.69, 9.17) is 23.2 Å². The number of methoxy groups -OCH3 is 1. The monoisotopic (exact) mass is 288 g/mol. The summed E-state index contributed by atoms with van der Waals surface area (Å²) in [5, 5.41) is 0.422. The van der Waals surface area contributed by atoms with Gasteiger partial charge in [0, 0.05) is 10.1 Å². The lowest BCUT2D eigenvalue weighted by Crippen LogP contribution is -1.99. The zero-order chi connectivity index (χ0) is 12.6. The molecule has 88 valence electrons. The van der Waals surface area contributed by atoms with Crippen molar-refractivity contribution in [2.75, 3.05) is 7.11 Å². The van der Waals surface area contributed by atoms with E-state index >= 15 is 0 Å². The molecule has 0 aliphatic heterocycles. The van der Waals surface area contributed by atoms with Gasteiger partial charge in [0.1, 0.15) is 4.88 Å². The van der Waals surface area contributed by atoms with Crippen molar-refractivity contribution in [2.45, 2.75) is 0 Å². The number of esters is 1. The second kappa shape index (κ2) is 4.64. The van der Waals surface area contributed by atoms with E-state index in [0.29, 0.717) is 16.0 Å². The second-order valence-electron chi connectivity index (χ2n) is 3.22. The summed E-state index contributed by atoms with van der Waals surface area (Å²) in [7, 11) is 1.31. The molecule has 1 aromatic heterocycles. The number of hydrogen-bond donors (Lipinski definition) is 0.